The van der Waals surface area contributed by atoms with Crippen molar-refractivity contribution in [1.29, 1.82) is 0 Å². The summed E-state index contributed by atoms with van der Waals surface area (Å²) in [5, 5.41) is 3.34. The maximum absolute atomic E-state index is 12.5. The molecular formula is C16H18F3N3O2. The van der Waals surface area contributed by atoms with Crippen molar-refractivity contribution in [1.82, 2.24) is 15.0 Å². The van der Waals surface area contributed by atoms with Crippen LogP contribution in [-0.2, 0) is 17.5 Å². The quantitative estimate of drug-likeness (QED) is 0.799. The summed E-state index contributed by atoms with van der Waals surface area (Å²) in [6.07, 6.45) is -3.38. The lowest BCUT2D eigenvalue weighted by Gasteiger charge is -2.20. The van der Waals surface area contributed by atoms with Crippen molar-refractivity contribution in [2.24, 2.45) is 0 Å². The van der Waals surface area contributed by atoms with Crippen molar-refractivity contribution in [2.45, 2.75) is 39.4 Å². The monoisotopic (exact) mass is 341 g/mol. The zero-order valence-corrected chi connectivity index (χ0v) is 13.4. The summed E-state index contributed by atoms with van der Waals surface area (Å²) in [6.45, 7) is 4.90. The molecule has 8 heteroatoms. The molecule has 5 nitrogen and oxygen atoms in total. The number of aromatic nitrogens is 2. The average Bonchev–Trinajstić information content (AvgIpc) is 3.03. The number of hydrogen-bond donors (Lipinski definition) is 0. The molecule has 24 heavy (non-hydrogen) atoms. The lowest BCUT2D eigenvalue weighted by molar-refractivity contribution is -0.159. The fourth-order valence-corrected chi connectivity index (χ4v) is 2.18. The van der Waals surface area contributed by atoms with Crippen LogP contribution in [0, 0.1) is 0 Å². The molecule has 130 valence electrons. The number of hydrogen-bond acceptors (Lipinski definition) is 4. The number of amides is 1. The molecule has 0 atom stereocenters. The van der Waals surface area contributed by atoms with Crippen LogP contribution < -0.4 is 0 Å². The van der Waals surface area contributed by atoms with Gasteiger partial charge in [-0.15, -0.1) is 0 Å². The Morgan fingerprint density at radius 1 is 1.21 bits per heavy atom. The fourth-order valence-electron chi connectivity index (χ4n) is 2.18. The third kappa shape index (κ3) is 4.33. The van der Waals surface area contributed by atoms with Gasteiger partial charge in [-0.25, -0.2) is 0 Å². The molecule has 0 fully saturated rings. The second-order valence-electron chi connectivity index (χ2n) is 5.28. The standard InChI is InChI=1S/C16H18F3N3O2/c1-3-5-13(23)22(4-2)10-11-6-8-12(9-7-11)14-20-15(24-21-14)16(17,18)19/h6-9H,3-5,10H2,1-2H3. The zero-order chi connectivity index (χ0) is 17.7. The van der Waals surface area contributed by atoms with Gasteiger partial charge in [0.05, 0.1) is 0 Å². The van der Waals surface area contributed by atoms with Crippen LogP contribution in [0.5, 0.6) is 0 Å². The third-order valence-electron chi connectivity index (χ3n) is 3.45. The Hall–Kier alpha value is -2.38. The van der Waals surface area contributed by atoms with Crippen LogP contribution >= 0.6 is 0 Å². The number of halogens is 3. The minimum absolute atomic E-state index is 0.0806. The molecule has 0 saturated carbocycles. The van der Waals surface area contributed by atoms with Crippen LogP contribution in [0.1, 0.15) is 38.1 Å². The van der Waals surface area contributed by atoms with E-state index in [4.69, 9.17) is 0 Å². The molecule has 0 aliphatic carbocycles. The molecule has 0 N–H and O–H groups in total. The van der Waals surface area contributed by atoms with Gasteiger partial charge in [-0.05, 0) is 18.9 Å². The highest BCUT2D eigenvalue weighted by Gasteiger charge is 2.38. The van der Waals surface area contributed by atoms with Gasteiger partial charge in [0.2, 0.25) is 11.7 Å². The number of benzene rings is 1. The fraction of sp³-hybridized carbons (Fsp3) is 0.438. The number of alkyl halides is 3. The first kappa shape index (κ1) is 18.0. The molecule has 1 aromatic carbocycles. The van der Waals surface area contributed by atoms with Crippen LogP contribution in [0.15, 0.2) is 28.8 Å². The van der Waals surface area contributed by atoms with Gasteiger partial charge in [0.1, 0.15) is 0 Å². The van der Waals surface area contributed by atoms with Crippen LogP contribution in [0.25, 0.3) is 11.4 Å². The number of nitrogens with zero attached hydrogens (tertiary/aromatic N) is 3. The SMILES string of the molecule is CCCC(=O)N(CC)Cc1ccc(-c2noc(C(F)(F)F)n2)cc1. The van der Waals surface area contributed by atoms with Crippen molar-refractivity contribution < 1.29 is 22.5 Å². The van der Waals surface area contributed by atoms with E-state index in [1.807, 2.05) is 13.8 Å². The normalized spacial score (nSPS) is 11.5. The van der Waals surface area contributed by atoms with E-state index in [0.29, 0.717) is 25.1 Å². The van der Waals surface area contributed by atoms with Gasteiger partial charge in [-0.3, -0.25) is 4.79 Å². The Morgan fingerprint density at radius 3 is 2.38 bits per heavy atom. The van der Waals surface area contributed by atoms with Gasteiger partial charge in [0, 0.05) is 25.1 Å². The Balaban J connectivity index is 2.10. The highest BCUT2D eigenvalue weighted by Crippen LogP contribution is 2.29. The van der Waals surface area contributed by atoms with E-state index in [-0.39, 0.29) is 11.7 Å². The molecule has 0 radical (unpaired) electrons. The molecular weight excluding hydrogens is 323 g/mol. The highest BCUT2D eigenvalue weighted by molar-refractivity contribution is 5.76. The zero-order valence-electron chi connectivity index (χ0n) is 13.4. The number of carbonyl (C=O) groups is 1. The Morgan fingerprint density at radius 2 is 1.88 bits per heavy atom. The van der Waals surface area contributed by atoms with Crippen LogP contribution in [0.2, 0.25) is 0 Å². The maximum atomic E-state index is 12.5. The van der Waals surface area contributed by atoms with Crippen molar-refractivity contribution in [3.05, 3.63) is 35.7 Å². The minimum Gasteiger partial charge on any atom is -0.339 e. The van der Waals surface area contributed by atoms with Crippen molar-refractivity contribution in [3.63, 3.8) is 0 Å². The summed E-state index contributed by atoms with van der Waals surface area (Å²) >= 11 is 0. The van der Waals surface area contributed by atoms with E-state index in [9.17, 15) is 18.0 Å². The topological polar surface area (TPSA) is 59.2 Å². The first-order valence-corrected chi connectivity index (χ1v) is 7.63. The predicted octanol–water partition coefficient (Wildman–Crippen LogP) is 3.90. The summed E-state index contributed by atoms with van der Waals surface area (Å²) in [5.41, 5.74) is 1.30. The van der Waals surface area contributed by atoms with Crippen molar-refractivity contribution in [2.75, 3.05) is 6.54 Å². The van der Waals surface area contributed by atoms with Crippen molar-refractivity contribution in [3.8, 4) is 11.4 Å². The molecule has 2 aromatic rings. The van der Waals surface area contributed by atoms with E-state index in [1.165, 1.54) is 0 Å². The highest BCUT2D eigenvalue weighted by atomic mass is 19.4. The van der Waals surface area contributed by atoms with Crippen LogP contribution in [0.4, 0.5) is 13.2 Å². The van der Waals surface area contributed by atoms with Crippen LogP contribution in [-0.4, -0.2) is 27.5 Å². The van der Waals surface area contributed by atoms with Gasteiger partial charge >= 0.3 is 12.1 Å². The largest absolute Gasteiger partial charge is 0.471 e. The van der Waals surface area contributed by atoms with Gasteiger partial charge in [-0.1, -0.05) is 36.3 Å². The molecule has 0 bridgehead atoms. The Labute approximate surface area is 137 Å². The average molecular weight is 341 g/mol. The third-order valence-corrected chi connectivity index (χ3v) is 3.45. The van der Waals surface area contributed by atoms with E-state index in [0.717, 1.165) is 12.0 Å². The number of rotatable bonds is 6. The molecule has 0 spiro atoms. The van der Waals surface area contributed by atoms with Gasteiger partial charge in [-0.2, -0.15) is 18.2 Å². The first-order valence-electron chi connectivity index (χ1n) is 7.63. The number of carbonyl (C=O) groups excluding carboxylic acids is 1. The summed E-state index contributed by atoms with van der Waals surface area (Å²) < 4.78 is 41.6. The van der Waals surface area contributed by atoms with Crippen molar-refractivity contribution >= 4 is 5.91 Å². The molecule has 0 unspecified atom stereocenters. The summed E-state index contributed by atoms with van der Waals surface area (Å²) in [7, 11) is 0. The second kappa shape index (κ2) is 7.46. The Kier molecular flexibility index (Phi) is 5.58. The van der Waals surface area contributed by atoms with E-state index in [1.54, 1.807) is 29.2 Å². The molecule has 2 rings (SSSR count). The predicted molar refractivity (Wildman–Crippen MR) is 80.7 cm³/mol. The molecule has 1 aromatic heterocycles. The smallest absolute Gasteiger partial charge is 0.339 e. The Bertz CT molecular complexity index is 681. The van der Waals surface area contributed by atoms with E-state index < -0.39 is 12.1 Å². The van der Waals surface area contributed by atoms with E-state index >= 15 is 0 Å². The second-order valence-corrected chi connectivity index (χ2v) is 5.28. The molecule has 0 saturated heterocycles. The van der Waals surface area contributed by atoms with Gasteiger partial charge in [0.15, 0.2) is 0 Å². The molecule has 1 amide bonds. The lowest BCUT2D eigenvalue weighted by atomic mass is 10.1. The lowest BCUT2D eigenvalue weighted by Crippen LogP contribution is -2.29. The summed E-state index contributed by atoms with van der Waals surface area (Å²) in [4.78, 5) is 17.0. The summed E-state index contributed by atoms with van der Waals surface area (Å²) in [6, 6.07) is 6.69. The van der Waals surface area contributed by atoms with Crippen LogP contribution in [0.3, 0.4) is 0 Å². The first-order chi connectivity index (χ1) is 11.3. The minimum atomic E-state index is -4.66. The molecule has 0 aliphatic rings. The molecule has 1 heterocycles. The van der Waals surface area contributed by atoms with Gasteiger partial charge < -0.3 is 9.42 Å². The maximum Gasteiger partial charge on any atom is 0.471 e. The van der Waals surface area contributed by atoms with Gasteiger partial charge in [0.25, 0.3) is 0 Å². The summed E-state index contributed by atoms with van der Waals surface area (Å²) in [5.74, 6) is -1.41. The van der Waals surface area contributed by atoms with E-state index in [2.05, 4.69) is 14.7 Å². The molecule has 0 aliphatic heterocycles.